The molecule has 2 heterocycles. The summed E-state index contributed by atoms with van der Waals surface area (Å²) in [5.74, 6) is 0.709. The summed E-state index contributed by atoms with van der Waals surface area (Å²) < 4.78 is 2.63. The van der Waals surface area contributed by atoms with Crippen molar-refractivity contribution in [3.05, 3.63) is 229 Å². The van der Waals surface area contributed by atoms with Crippen LogP contribution in [0, 0.1) is 0 Å². The molecule has 0 unspecified atom stereocenters. The summed E-state index contributed by atoms with van der Waals surface area (Å²) in [5, 5.41) is 2.64. The number of benzene rings is 8. The van der Waals surface area contributed by atoms with Gasteiger partial charge in [-0.05, 0) is 62.7 Å². The predicted octanol–water partition coefficient (Wildman–Crippen LogP) is 13.9. The molecule has 0 spiro atoms. The van der Waals surface area contributed by atoms with Crippen molar-refractivity contribution in [1.29, 1.82) is 0 Å². The zero-order valence-electron chi connectivity index (χ0n) is 30.4. The minimum Gasteiger partial charge on any atom is -0.228 e. The second-order valence-electron chi connectivity index (χ2n) is 14.5. The molecule has 10 aromatic rings. The molecule has 262 valence electrons. The molecule has 2 aromatic heterocycles. The summed E-state index contributed by atoms with van der Waals surface area (Å²) in [5.41, 5.74) is 14.5. The SMILES string of the molecule is c1ccc(-c2nc(-c3ccc(-c4ccc5c(c4)sc4ccccc45)cc3)cc(-c3ccc(C4(c5ccccc5)c5ccccc5-c5ccccc54)cc3)n2)cc1. The molecule has 1 aliphatic rings. The number of thiophene rings is 1. The van der Waals surface area contributed by atoms with Gasteiger partial charge in [-0.15, -0.1) is 11.3 Å². The fourth-order valence-electron chi connectivity index (χ4n) is 8.80. The highest BCUT2D eigenvalue weighted by molar-refractivity contribution is 7.25. The minimum atomic E-state index is -0.442. The van der Waals surface area contributed by atoms with E-state index in [9.17, 15) is 0 Å². The van der Waals surface area contributed by atoms with E-state index in [1.54, 1.807) is 0 Å². The van der Waals surface area contributed by atoms with Crippen LogP contribution in [-0.4, -0.2) is 9.97 Å². The number of nitrogens with zero attached hydrogens (tertiary/aromatic N) is 2. The van der Waals surface area contributed by atoms with Gasteiger partial charge in [0, 0.05) is 36.9 Å². The average molecular weight is 731 g/mol. The van der Waals surface area contributed by atoms with Crippen molar-refractivity contribution in [1.82, 2.24) is 9.97 Å². The first-order valence-corrected chi connectivity index (χ1v) is 19.9. The maximum Gasteiger partial charge on any atom is 0.160 e. The molecule has 0 radical (unpaired) electrons. The van der Waals surface area contributed by atoms with Crippen molar-refractivity contribution in [2.75, 3.05) is 0 Å². The summed E-state index contributed by atoms with van der Waals surface area (Å²) in [4.78, 5) is 10.3. The lowest BCUT2D eigenvalue weighted by Crippen LogP contribution is -2.28. The molecule has 1 aliphatic carbocycles. The Bertz CT molecular complexity index is 3010. The van der Waals surface area contributed by atoms with Gasteiger partial charge in [0.2, 0.25) is 0 Å². The van der Waals surface area contributed by atoms with E-state index in [2.05, 4.69) is 188 Å². The van der Waals surface area contributed by atoms with Gasteiger partial charge in [0.05, 0.1) is 16.8 Å². The van der Waals surface area contributed by atoms with Crippen LogP contribution in [0.15, 0.2) is 206 Å². The number of aromatic nitrogens is 2. The van der Waals surface area contributed by atoms with Crippen molar-refractivity contribution in [3.8, 4) is 56.2 Å². The summed E-state index contributed by atoms with van der Waals surface area (Å²) >= 11 is 1.85. The molecule has 0 aliphatic heterocycles. The molecule has 11 rings (SSSR count). The second kappa shape index (κ2) is 13.1. The lowest BCUT2D eigenvalue weighted by Gasteiger charge is -2.34. The molecule has 0 amide bonds. The third-order valence-electron chi connectivity index (χ3n) is 11.4. The second-order valence-corrected chi connectivity index (χ2v) is 15.6. The van der Waals surface area contributed by atoms with E-state index in [0.717, 1.165) is 28.1 Å². The topological polar surface area (TPSA) is 25.8 Å². The summed E-state index contributed by atoms with van der Waals surface area (Å²) in [6, 6.07) is 74.4. The van der Waals surface area contributed by atoms with Gasteiger partial charge in [-0.25, -0.2) is 9.97 Å². The quantitative estimate of drug-likeness (QED) is 0.170. The largest absolute Gasteiger partial charge is 0.228 e. The van der Waals surface area contributed by atoms with Gasteiger partial charge in [-0.2, -0.15) is 0 Å². The van der Waals surface area contributed by atoms with Crippen LogP contribution in [0.1, 0.15) is 22.3 Å². The lowest BCUT2D eigenvalue weighted by molar-refractivity contribution is 0.768. The third-order valence-corrected chi connectivity index (χ3v) is 12.6. The summed E-state index contributed by atoms with van der Waals surface area (Å²) in [6.07, 6.45) is 0. The van der Waals surface area contributed by atoms with E-state index < -0.39 is 5.41 Å². The van der Waals surface area contributed by atoms with E-state index in [1.807, 2.05) is 29.5 Å². The monoisotopic (exact) mass is 730 g/mol. The van der Waals surface area contributed by atoms with Crippen molar-refractivity contribution in [3.63, 3.8) is 0 Å². The molecule has 8 aromatic carbocycles. The normalized spacial score (nSPS) is 12.8. The van der Waals surface area contributed by atoms with E-state index in [-0.39, 0.29) is 0 Å². The maximum absolute atomic E-state index is 5.18. The highest BCUT2D eigenvalue weighted by Crippen LogP contribution is 2.56. The predicted molar refractivity (Wildman–Crippen MR) is 234 cm³/mol. The first kappa shape index (κ1) is 32.5. The Kier molecular flexibility index (Phi) is 7.61. The third kappa shape index (κ3) is 5.16. The van der Waals surface area contributed by atoms with Crippen LogP contribution in [0.25, 0.3) is 76.3 Å². The number of hydrogen-bond acceptors (Lipinski definition) is 3. The van der Waals surface area contributed by atoms with Crippen molar-refractivity contribution < 1.29 is 0 Å². The van der Waals surface area contributed by atoms with E-state index in [1.165, 1.54) is 64.7 Å². The standard InChI is InChI=1S/C53H34N2S/c1-3-13-38(14-4-1)52-54-48(36-25-23-35(24-26-36)39-29-32-45-44-19-9-12-22-50(44)56-51(45)33-39)34-49(55-52)37-27-30-41(31-28-37)53(40-15-5-2-6-16-40)46-20-10-7-17-42(46)43-18-8-11-21-47(43)53/h1-34H. The van der Waals surface area contributed by atoms with Gasteiger partial charge in [-0.3, -0.25) is 0 Å². The highest BCUT2D eigenvalue weighted by Gasteiger charge is 2.45. The zero-order valence-corrected chi connectivity index (χ0v) is 31.2. The molecular weight excluding hydrogens is 697 g/mol. The van der Waals surface area contributed by atoms with Crippen molar-refractivity contribution in [2.45, 2.75) is 5.41 Å². The fraction of sp³-hybridized carbons (Fsp3) is 0.0189. The molecule has 0 fully saturated rings. The Hall–Kier alpha value is -6.94. The Morgan fingerprint density at radius 2 is 0.839 bits per heavy atom. The molecule has 2 nitrogen and oxygen atoms in total. The van der Waals surface area contributed by atoms with Gasteiger partial charge in [0.15, 0.2) is 5.82 Å². The van der Waals surface area contributed by atoms with Gasteiger partial charge >= 0.3 is 0 Å². The van der Waals surface area contributed by atoms with Crippen LogP contribution in [0.5, 0.6) is 0 Å². The van der Waals surface area contributed by atoms with Crippen molar-refractivity contribution >= 4 is 31.5 Å². The lowest BCUT2D eigenvalue weighted by atomic mass is 9.67. The van der Waals surface area contributed by atoms with Crippen LogP contribution >= 0.6 is 11.3 Å². The first-order chi connectivity index (χ1) is 27.7. The van der Waals surface area contributed by atoms with Crippen LogP contribution in [-0.2, 0) is 5.41 Å². The number of hydrogen-bond donors (Lipinski definition) is 0. The molecule has 0 saturated carbocycles. The highest BCUT2D eigenvalue weighted by atomic mass is 32.1. The molecular formula is C53H34N2S. The zero-order chi connectivity index (χ0) is 37.1. The fourth-order valence-corrected chi connectivity index (χ4v) is 9.95. The van der Waals surface area contributed by atoms with Crippen LogP contribution in [0.3, 0.4) is 0 Å². The molecule has 0 N–H and O–H groups in total. The Morgan fingerprint density at radius 1 is 0.339 bits per heavy atom. The maximum atomic E-state index is 5.18. The van der Waals surface area contributed by atoms with Crippen LogP contribution in [0.4, 0.5) is 0 Å². The Labute approximate surface area is 330 Å². The Morgan fingerprint density at radius 3 is 1.52 bits per heavy atom. The van der Waals surface area contributed by atoms with Gasteiger partial charge in [-0.1, -0.05) is 188 Å². The minimum absolute atomic E-state index is 0.442. The average Bonchev–Trinajstić information content (AvgIpc) is 3.80. The first-order valence-electron chi connectivity index (χ1n) is 19.1. The molecule has 0 atom stereocenters. The summed E-state index contributed by atoms with van der Waals surface area (Å²) in [6.45, 7) is 0. The van der Waals surface area contributed by atoms with Gasteiger partial charge < -0.3 is 0 Å². The van der Waals surface area contributed by atoms with Gasteiger partial charge in [0.25, 0.3) is 0 Å². The summed E-state index contributed by atoms with van der Waals surface area (Å²) in [7, 11) is 0. The van der Waals surface area contributed by atoms with E-state index in [0.29, 0.717) is 5.82 Å². The van der Waals surface area contributed by atoms with Crippen LogP contribution in [0.2, 0.25) is 0 Å². The molecule has 3 heteroatoms. The van der Waals surface area contributed by atoms with Crippen LogP contribution < -0.4 is 0 Å². The van der Waals surface area contributed by atoms with E-state index >= 15 is 0 Å². The number of rotatable bonds is 6. The Balaban J connectivity index is 1.00. The van der Waals surface area contributed by atoms with Gasteiger partial charge in [0.1, 0.15) is 0 Å². The number of fused-ring (bicyclic) bond motifs is 6. The smallest absolute Gasteiger partial charge is 0.160 e. The van der Waals surface area contributed by atoms with Crippen molar-refractivity contribution in [2.24, 2.45) is 0 Å². The van der Waals surface area contributed by atoms with E-state index in [4.69, 9.17) is 9.97 Å². The molecule has 0 saturated heterocycles. The molecule has 56 heavy (non-hydrogen) atoms. The molecule has 0 bridgehead atoms.